The SMILES string of the molecule is O=C(COC(=O)CCC(=O)Nc1cccc2ccccc12)Nc1cccc([N+](=O)[O-])c1. The Morgan fingerprint density at radius 2 is 1.61 bits per heavy atom. The molecular weight excluding hydrogens is 402 g/mol. The minimum Gasteiger partial charge on any atom is -0.456 e. The van der Waals surface area contributed by atoms with Gasteiger partial charge >= 0.3 is 5.97 Å². The van der Waals surface area contributed by atoms with Gasteiger partial charge < -0.3 is 15.4 Å². The van der Waals surface area contributed by atoms with E-state index in [1.165, 1.54) is 24.3 Å². The predicted octanol–water partition coefficient (Wildman–Crippen LogP) is 3.65. The fraction of sp³-hybridized carbons (Fsp3) is 0.136. The lowest BCUT2D eigenvalue weighted by Gasteiger charge is -2.09. The van der Waals surface area contributed by atoms with Gasteiger partial charge in [0, 0.05) is 35.3 Å². The number of fused-ring (bicyclic) bond motifs is 1. The molecule has 0 heterocycles. The number of rotatable bonds is 8. The Kier molecular flexibility index (Phi) is 6.89. The van der Waals surface area contributed by atoms with E-state index >= 15 is 0 Å². The Balaban J connectivity index is 1.43. The third-order valence-electron chi connectivity index (χ3n) is 4.32. The average Bonchev–Trinajstić information content (AvgIpc) is 2.76. The molecule has 2 N–H and O–H groups in total. The van der Waals surface area contributed by atoms with Gasteiger partial charge in [-0.3, -0.25) is 24.5 Å². The van der Waals surface area contributed by atoms with Crippen molar-refractivity contribution in [3.05, 3.63) is 76.8 Å². The van der Waals surface area contributed by atoms with Gasteiger partial charge in [-0.25, -0.2) is 0 Å². The maximum atomic E-state index is 12.2. The fourth-order valence-electron chi connectivity index (χ4n) is 2.88. The highest BCUT2D eigenvalue weighted by atomic mass is 16.6. The average molecular weight is 421 g/mol. The van der Waals surface area contributed by atoms with Gasteiger partial charge in [-0.1, -0.05) is 42.5 Å². The van der Waals surface area contributed by atoms with E-state index < -0.39 is 23.4 Å². The molecule has 0 fully saturated rings. The van der Waals surface area contributed by atoms with Crippen LogP contribution in [0.3, 0.4) is 0 Å². The number of ether oxygens (including phenoxy) is 1. The third kappa shape index (κ3) is 6.10. The van der Waals surface area contributed by atoms with Crippen LogP contribution in [0.5, 0.6) is 0 Å². The number of non-ortho nitro benzene ring substituents is 1. The first kappa shape index (κ1) is 21.4. The number of nitrogens with zero attached hydrogens (tertiary/aromatic N) is 1. The number of amides is 2. The van der Waals surface area contributed by atoms with Crippen LogP contribution in [0.1, 0.15) is 12.8 Å². The summed E-state index contributed by atoms with van der Waals surface area (Å²) < 4.78 is 4.86. The second kappa shape index (κ2) is 9.97. The lowest BCUT2D eigenvalue weighted by molar-refractivity contribution is -0.384. The number of nitro groups is 1. The maximum Gasteiger partial charge on any atom is 0.306 e. The number of nitrogens with one attached hydrogen (secondary N) is 2. The van der Waals surface area contributed by atoms with Crippen LogP contribution in [0.2, 0.25) is 0 Å². The fourth-order valence-corrected chi connectivity index (χ4v) is 2.88. The highest BCUT2D eigenvalue weighted by Crippen LogP contribution is 2.23. The Labute approximate surface area is 177 Å². The summed E-state index contributed by atoms with van der Waals surface area (Å²) in [5.74, 6) is -1.70. The minimum absolute atomic E-state index is 0.103. The molecule has 2 amide bonds. The highest BCUT2D eigenvalue weighted by molar-refractivity contribution is 6.02. The summed E-state index contributed by atoms with van der Waals surface area (Å²) in [6.45, 7) is -0.563. The van der Waals surface area contributed by atoms with E-state index in [-0.39, 0.29) is 30.1 Å². The lowest BCUT2D eigenvalue weighted by Crippen LogP contribution is -2.21. The molecular formula is C22H19N3O6. The summed E-state index contributed by atoms with van der Waals surface area (Å²) in [6.07, 6.45) is -0.296. The number of carbonyl (C=O) groups excluding carboxylic acids is 3. The molecule has 0 unspecified atom stereocenters. The monoisotopic (exact) mass is 421 g/mol. The zero-order valence-electron chi connectivity index (χ0n) is 16.4. The van der Waals surface area contributed by atoms with Gasteiger partial charge in [0.2, 0.25) is 5.91 Å². The molecule has 0 aliphatic rings. The van der Waals surface area contributed by atoms with Gasteiger partial charge in [-0.2, -0.15) is 0 Å². The van der Waals surface area contributed by atoms with E-state index in [0.29, 0.717) is 5.69 Å². The minimum atomic E-state index is -0.706. The van der Waals surface area contributed by atoms with E-state index in [9.17, 15) is 24.5 Å². The zero-order valence-corrected chi connectivity index (χ0v) is 16.4. The topological polar surface area (TPSA) is 128 Å². The van der Waals surface area contributed by atoms with Crippen molar-refractivity contribution in [2.75, 3.05) is 17.2 Å². The molecule has 0 aromatic heterocycles. The number of nitro benzene ring substituents is 1. The molecule has 0 bridgehead atoms. The van der Waals surface area contributed by atoms with Crippen LogP contribution in [0.4, 0.5) is 17.1 Å². The molecule has 0 saturated carbocycles. The van der Waals surface area contributed by atoms with Gasteiger partial charge in [0.05, 0.1) is 11.3 Å². The number of hydrogen-bond donors (Lipinski definition) is 2. The van der Waals surface area contributed by atoms with Crippen LogP contribution in [-0.4, -0.2) is 29.3 Å². The molecule has 9 heteroatoms. The van der Waals surface area contributed by atoms with Crippen molar-refractivity contribution in [2.24, 2.45) is 0 Å². The van der Waals surface area contributed by atoms with Crippen molar-refractivity contribution >= 4 is 45.6 Å². The van der Waals surface area contributed by atoms with E-state index in [2.05, 4.69) is 10.6 Å². The van der Waals surface area contributed by atoms with Crippen LogP contribution in [0.25, 0.3) is 10.8 Å². The molecule has 158 valence electrons. The maximum absolute atomic E-state index is 12.2. The van der Waals surface area contributed by atoms with Gasteiger partial charge in [0.15, 0.2) is 6.61 Å². The van der Waals surface area contributed by atoms with E-state index in [0.717, 1.165) is 10.8 Å². The van der Waals surface area contributed by atoms with Gasteiger partial charge in [-0.05, 0) is 17.5 Å². The van der Waals surface area contributed by atoms with Crippen LogP contribution < -0.4 is 10.6 Å². The first-order valence-electron chi connectivity index (χ1n) is 9.40. The summed E-state index contributed by atoms with van der Waals surface area (Å²) in [4.78, 5) is 46.0. The summed E-state index contributed by atoms with van der Waals surface area (Å²) in [5, 5.41) is 17.8. The number of anilines is 2. The van der Waals surface area contributed by atoms with Crippen molar-refractivity contribution in [3.63, 3.8) is 0 Å². The van der Waals surface area contributed by atoms with Gasteiger partial charge in [0.1, 0.15) is 0 Å². The van der Waals surface area contributed by atoms with E-state index in [4.69, 9.17) is 4.74 Å². The molecule has 3 aromatic carbocycles. The molecule has 0 radical (unpaired) electrons. The zero-order chi connectivity index (χ0) is 22.2. The summed E-state index contributed by atoms with van der Waals surface area (Å²) in [5.41, 5.74) is 0.685. The smallest absolute Gasteiger partial charge is 0.306 e. The molecule has 0 aliphatic heterocycles. The summed E-state index contributed by atoms with van der Waals surface area (Å²) in [6, 6.07) is 18.5. The molecule has 0 atom stereocenters. The standard InChI is InChI=1S/C22H19N3O6/c26-20(24-19-10-3-6-15-5-1-2-9-18(15)19)11-12-22(28)31-14-21(27)23-16-7-4-8-17(13-16)25(29)30/h1-10,13H,11-12,14H2,(H,23,27)(H,24,26). The molecule has 0 saturated heterocycles. The summed E-state index contributed by atoms with van der Waals surface area (Å²) >= 11 is 0. The predicted molar refractivity (Wildman–Crippen MR) is 114 cm³/mol. The van der Waals surface area contributed by atoms with Crippen LogP contribution >= 0.6 is 0 Å². The van der Waals surface area contributed by atoms with Crippen molar-refractivity contribution in [3.8, 4) is 0 Å². The van der Waals surface area contributed by atoms with Crippen molar-refractivity contribution < 1.29 is 24.0 Å². The first-order valence-corrected chi connectivity index (χ1v) is 9.40. The van der Waals surface area contributed by atoms with Crippen LogP contribution in [-0.2, 0) is 19.1 Å². The van der Waals surface area contributed by atoms with Gasteiger partial charge in [-0.15, -0.1) is 0 Å². The third-order valence-corrected chi connectivity index (χ3v) is 4.32. The molecule has 3 rings (SSSR count). The Morgan fingerprint density at radius 3 is 2.42 bits per heavy atom. The number of carbonyl (C=O) groups is 3. The van der Waals surface area contributed by atoms with Gasteiger partial charge in [0.25, 0.3) is 11.6 Å². The quantitative estimate of drug-likeness (QED) is 0.325. The molecule has 31 heavy (non-hydrogen) atoms. The number of esters is 1. The van der Waals surface area contributed by atoms with Crippen molar-refractivity contribution in [2.45, 2.75) is 12.8 Å². The Bertz CT molecular complexity index is 1140. The molecule has 3 aromatic rings. The van der Waals surface area contributed by atoms with Crippen LogP contribution in [0.15, 0.2) is 66.7 Å². The Hall–Kier alpha value is -4.27. The second-order valence-electron chi connectivity index (χ2n) is 6.59. The van der Waals surface area contributed by atoms with E-state index in [1.807, 2.05) is 36.4 Å². The second-order valence-corrected chi connectivity index (χ2v) is 6.59. The van der Waals surface area contributed by atoms with Crippen LogP contribution in [0, 0.1) is 10.1 Å². The molecule has 9 nitrogen and oxygen atoms in total. The first-order chi connectivity index (χ1) is 14.9. The Morgan fingerprint density at radius 1 is 0.871 bits per heavy atom. The highest BCUT2D eigenvalue weighted by Gasteiger charge is 2.13. The molecule has 0 spiro atoms. The number of benzene rings is 3. The summed E-state index contributed by atoms with van der Waals surface area (Å²) in [7, 11) is 0. The number of hydrogen-bond acceptors (Lipinski definition) is 6. The van der Waals surface area contributed by atoms with Crippen molar-refractivity contribution in [1.82, 2.24) is 0 Å². The van der Waals surface area contributed by atoms with Crippen molar-refractivity contribution in [1.29, 1.82) is 0 Å². The largest absolute Gasteiger partial charge is 0.456 e. The molecule has 0 aliphatic carbocycles. The normalized spacial score (nSPS) is 10.3. The van der Waals surface area contributed by atoms with E-state index in [1.54, 1.807) is 6.07 Å². The lowest BCUT2D eigenvalue weighted by atomic mass is 10.1.